The van der Waals surface area contributed by atoms with E-state index in [1.54, 1.807) is 4.90 Å². The Morgan fingerprint density at radius 2 is 1.02 bits per heavy atom. The first-order valence-electron chi connectivity index (χ1n) is 18.1. The Hall–Kier alpha value is -6.21. The first-order valence-corrected chi connectivity index (χ1v) is 18.1. The summed E-state index contributed by atoms with van der Waals surface area (Å²) in [5.41, 5.74) is 33.0. The normalized spacial score (nSPS) is 12.4. The van der Waals surface area contributed by atoms with Crippen LogP contribution in [0.3, 0.4) is 0 Å². The van der Waals surface area contributed by atoms with Crippen LogP contribution in [0.25, 0.3) is 11.1 Å². The second-order valence-electron chi connectivity index (χ2n) is 13.1. The highest BCUT2D eigenvalue weighted by atomic mass is 16.2. The van der Waals surface area contributed by atoms with Gasteiger partial charge in [-0.15, -0.1) is 0 Å². The van der Waals surface area contributed by atoms with Gasteiger partial charge in [0.05, 0.1) is 6.04 Å². The van der Waals surface area contributed by atoms with Crippen molar-refractivity contribution in [3.05, 3.63) is 132 Å². The minimum absolute atomic E-state index is 0.0449. The highest BCUT2D eigenvalue weighted by molar-refractivity contribution is 5.93. The maximum Gasteiger partial charge on any atom is 0.245 e. The van der Waals surface area contributed by atoms with Crippen molar-refractivity contribution in [1.82, 2.24) is 15.5 Å². The summed E-state index contributed by atoms with van der Waals surface area (Å²) >= 11 is 0. The molecule has 0 radical (unpaired) electrons. The zero-order valence-corrected chi connectivity index (χ0v) is 30.5. The van der Waals surface area contributed by atoms with Crippen molar-refractivity contribution >= 4 is 29.6 Å². The third-order valence-corrected chi connectivity index (χ3v) is 8.74. The number of hydrogen-bond donors (Lipinski definition) is 7. The molecular formula is C41H52N10O3. The minimum Gasteiger partial charge on any atom is -0.370 e. The number of guanidine groups is 2. The molecule has 13 heteroatoms. The van der Waals surface area contributed by atoms with Gasteiger partial charge in [-0.25, -0.2) is 0 Å². The lowest BCUT2D eigenvalue weighted by Crippen LogP contribution is -2.56. The number of hydrogen-bond acceptors (Lipinski definition) is 6. The number of amides is 3. The Morgan fingerprint density at radius 3 is 1.54 bits per heavy atom. The summed E-state index contributed by atoms with van der Waals surface area (Å²) in [4.78, 5) is 51.9. The summed E-state index contributed by atoms with van der Waals surface area (Å²) in [5, 5.41) is 5.84. The smallest absolute Gasteiger partial charge is 0.245 e. The maximum absolute atomic E-state index is 14.5. The Labute approximate surface area is 317 Å². The number of rotatable bonds is 20. The SMILES string of the molecule is NC(N)=NCCC[C@H](NC(=O)[C@H](Cc1ccc(-c2ccccc2)cc1)NC(=O)[C@@H](N)CCCN=C(N)N)C(=O)N(Cc1ccccc1)Cc1ccccc1. The number of benzene rings is 4. The molecule has 0 saturated heterocycles. The van der Waals surface area contributed by atoms with E-state index in [0.29, 0.717) is 38.9 Å². The summed E-state index contributed by atoms with van der Waals surface area (Å²) < 4.78 is 0. The monoisotopic (exact) mass is 732 g/mol. The summed E-state index contributed by atoms with van der Waals surface area (Å²) in [6, 6.07) is 34.1. The molecule has 12 N–H and O–H groups in total. The van der Waals surface area contributed by atoms with Gasteiger partial charge in [0.2, 0.25) is 17.7 Å². The van der Waals surface area contributed by atoms with Gasteiger partial charge in [0.1, 0.15) is 12.1 Å². The van der Waals surface area contributed by atoms with Crippen molar-refractivity contribution in [2.45, 2.75) is 63.3 Å². The quantitative estimate of drug-likeness (QED) is 0.0404. The van der Waals surface area contributed by atoms with E-state index in [-0.39, 0.29) is 37.2 Å². The third-order valence-electron chi connectivity index (χ3n) is 8.74. The lowest BCUT2D eigenvalue weighted by Gasteiger charge is -2.30. The van der Waals surface area contributed by atoms with E-state index < -0.39 is 29.9 Å². The van der Waals surface area contributed by atoms with Gasteiger partial charge >= 0.3 is 0 Å². The van der Waals surface area contributed by atoms with Gasteiger partial charge in [0, 0.05) is 32.6 Å². The topological polar surface area (TPSA) is 233 Å². The van der Waals surface area contributed by atoms with Crippen molar-refractivity contribution in [2.75, 3.05) is 13.1 Å². The maximum atomic E-state index is 14.5. The lowest BCUT2D eigenvalue weighted by molar-refractivity contribution is -0.138. The molecule has 4 rings (SSSR count). The molecule has 0 aliphatic heterocycles. The molecule has 284 valence electrons. The molecule has 0 aliphatic carbocycles. The number of carbonyl (C=O) groups is 3. The second kappa shape index (κ2) is 21.3. The van der Waals surface area contributed by atoms with E-state index in [4.69, 9.17) is 28.7 Å². The Balaban J connectivity index is 1.60. The zero-order chi connectivity index (χ0) is 38.7. The van der Waals surface area contributed by atoms with E-state index in [1.807, 2.05) is 115 Å². The van der Waals surface area contributed by atoms with Crippen molar-refractivity contribution in [2.24, 2.45) is 38.7 Å². The average molecular weight is 733 g/mol. The van der Waals surface area contributed by atoms with Gasteiger partial charge in [-0.05, 0) is 53.5 Å². The highest BCUT2D eigenvalue weighted by Gasteiger charge is 2.31. The van der Waals surface area contributed by atoms with Crippen molar-refractivity contribution in [3.63, 3.8) is 0 Å². The van der Waals surface area contributed by atoms with E-state index in [9.17, 15) is 14.4 Å². The third kappa shape index (κ3) is 13.7. The molecule has 0 fully saturated rings. The average Bonchev–Trinajstić information content (AvgIpc) is 3.18. The first kappa shape index (κ1) is 40.6. The van der Waals surface area contributed by atoms with Crippen LogP contribution < -0.4 is 39.3 Å². The van der Waals surface area contributed by atoms with Crippen LogP contribution in [0.15, 0.2) is 125 Å². The van der Waals surface area contributed by atoms with Crippen molar-refractivity contribution in [1.29, 1.82) is 0 Å². The van der Waals surface area contributed by atoms with Crippen LogP contribution in [0, 0.1) is 0 Å². The molecular weight excluding hydrogens is 681 g/mol. The van der Waals surface area contributed by atoms with Crippen LogP contribution in [0.1, 0.15) is 42.4 Å². The molecule has 0 aliphatic rings. The standard InChI is InChI=1S/C41H52N10O3/c42-34(18-10-24-47-40(43)44)37(52)50-36(26-29-20-22-33(23-21-29)32-16-8-3-9-17-32)38(53)49-35(19-11-25-48-41(45)46)39(54)51(27-30-12-4-1-5-13-30)28-31-14-6-2-7-15-31/h1-9,12-17,20-23,34-36H,10-11,18-19,24-28,42H2,(H,49,53)(H,50,52)(H4,43,44,47)(H4,45,46,48)/t34-,35-,36-/m0/s1. The van der Waals surface area contributed by atoms with Crippen LogP contribution in [0.5, 0.6) is 0 Å². The fraction of sp³-hybridized carbons (Fsp3) is 0.293. The lowest BCUT2D eigenvalue weighted by atomic mass is 9.99. The second-order valence-corrected chi connectivity index (χ2v) is 13.1. The number of aliphatic imine (C=N–C) groups is 2. The van der Waals surface area contributed by atoms with Gasteiger partial charge in [0.25, 0.3) is 0 Å². The van der Waals surface area contributed by atoms with Gasteiger partial charge in [-0.1, -0.05) is 115 Å². The van der Waals surface area contributed by atoms with E-state index in [1.165, 1.54) is 0 Å². The molecule has 3 amide bonds. The largest absolute Gasteiger partial charge is 0.370 e. The van der Waals surface area contributed by atoms with Gasteiger partial charge in [0.15, 0.2) is 11.9 Å². The molecule has 3 atom stereocenters. The molecule has 0 aromatic heterocycles. The predicted molar refractivity (Wildman–Crippen MR) is 214 cm³/mol. The minimum atomic E-state index is -1.05. The number of nitrogens with two attached hydrogens (primary N) is 5. The molecule has 4 aromatic rings. The molecule has 0 heterocycles. The number of nitrogens with zero attached hydrogens (tertiary/aromatic N) is 3. The van der Waals surface area contributed by atoms with Gasteiger partial charge < -0.3 is 44.2 Å². The molecule has 0 saturated carbocycles. The van der Waals surface area contributed by atoms with E-state index in [0.717, 1.165) is 27.8 Å². The molecule has 0 spiro atoms. The fourth-order valence-corrected chi connectivity index (χ4v) is 5.91. The van der Waals surface area contributed by atoms with Crippen LogP contribution >= 0.6 is 0 Å². The Kier molecular flexibility index (Phi) is 16.0. The summed E-state index contributed by atoms with van der Waals surface area (Å²) in [6.07, 6.45) is 1.58. The first-order chi connectivity index (χ1) is 26.1. The summed E-state index contributed by atoms with van der Waals surface area (Å²) in [6.45, 7) is 1.21. The molecule has 4 aromatic carbocycles. The van der Waals surface area contributed by atoms with Gasteiger partial charge in [-0.3, -0.25) is 24.4 Å². The van der Waals surface area contributed by atoms with E-state index in [2.05, 4.69) is 20.6 Å². The summed E-state index contributed by atoms with van der Waals surface area (Å²) in [5.74, 6) is -1.42. The van der Waals surface area contributed by atoms with Crippen molar-refractivity contribution in [3.8, 4) is 11.1 Å². The van der Waals surface area contributed by atoms with Crippen LogP contribution in [0.4, 0.5) is 0 Å². The Morgan fingerprint density at radius 1 is 0.556 bits per heavy atom. The molecule has 13 nitrogen and oxygen atoms in total. The summed E-state index contributed by atoms with van der Waals surface area (Å²) in [7, 11) is 0. The van der Waals surface area contributed by atoms with Gasteiger partial charge in [-0.2, -0.15) is 0 Å². The zero-order valence-electron chi connectivity index (χ0n) is 30.5. The van der Waals surface area contributed by atoms with E-state index >= 15 is 0 Å². The van der Waals surface area contributed by atoms with Crippen molar-refractivity contribution < 1.29 is 14.4 Å². The predicted octanol–water partition coefficient (Wildman–Crippen LogP) is 2.53. The van der Waals surface area contributed by atoms with Crippen LogP contribution in [-0.2, 0) is 33.9 Å². The molecule has 0 unspecified atom stereocenters. The number of nitrogens with one attached hydrogen (secondary N) is 2. The highest BCUT2D eigenvalue weighted by Crippen LogP contribution is 2.20. The molecule has 0 bridgehead atoms. The van der Waals surface area contributed by atoms with Crippen LogP contribution in [-0.4, -0.2) is 65.8 Å². The number of carbonyl (C=O) groups excluding carboxylic acids is 3. The van der Waals surface area contributed by atoms with Crippen LogP contribution in [0.2, 0.25) is 0 Å². The Bertz CT molecular complexity index is 1770. The molecule has 54 heavy (non-hydrogen) atoms. The fourth-order valence-electron chi connectivity index (χ4n) is 5.91.